The van der Waals surface area contributed by atoms with Gasteiger partial charge in [0.05, 0.1) is 0 Å². The van der Waals surface area contributed by atoms with Crippen LogP contribution in [0, 0.1) is 0 Å². The van der Waals surface area contributed by atoms with Gasteiger partial charge in [-0.05, 0) is 12.5 Å². The summed E-state index contributed by atoms with van der Waals surface area (Å²) in [7, 11) is 0. The van der Waals surface area contributed by atoms with Crippen LogP contribution in [0.15, 0.2) is 37.5 Å². The Morgan fingerprint density at radius 2 is 1.38 bits per heavy atom. The molecule has 0 N–H and O–H groups in total. The summed E-state index contributed by atoms with van der Waals surface area (Å²) in [5.74, 6) is 0. The average molecular weight is 249 g/mol. The van der Waals surface area contributed by atoms with E-state index in [2.05, 4.69) is 35.7 Å². The maximum absolute atomic E-state index is 3.63. The van der Waals surface area contributed by atoms with Gasteiger partial charge in [0.25, 0.3) is 0 Å². The number of hydrogen-bond donors (Lipinski definition) is 0. The summed E-state index contributed by atoms with van der Waals surface area (Å²) in [5, 5.41) is 0.830. The lowest BCUT2D eigenvalue weighted by Crippen LogP contribution is -1.68. The zero-order valence-electron chi connectivity index (χ0n) is 9.86. The molecule has 1 heteroatoms. The molecule has 0 aliphatic heterocycles. The van der Waals surface area contributed by atoms with Crippen molar-refractivity contribution < 1.29 is 0 Å². The summed E-state index contributed by atoms with van der Waals surface area (Å²) in [4.78, 5) is 0. The fourth-order valence-electron chi connectivity index (χ4n) is 0.0546. The highest BCUT2D eigenvalue weighted by atomic mass is 79.9. The average Bonchev–Trinajstić information content (AvgIpc) is 2.24. The number of alkyl halides is 1. The standard InChI is InChI=1S/C5H7Br.C3H6.2C2H6/c1-3-5(2)4-6;1-3-2;2*1-2/h3H,1-2,4H2;3H,1H2,2H3;2*1-2H3. The summed E-state index contributed by atoms with van der Waals surface area (Å²) in [6, 6.07) is 0. The Bertz CT molecular complexity index is 93.3. The predicted octanol–water partition coefficient (Wildman–Crippen LogP) is 5.37. The van der Waals surface area contributed by atoms with E-state index in [-0.39, 0.29) is 0 Å². The van der Waals surface area contributed by atoms with Gasteiger partial charge < -0.3 is 0 Å². The van der Waals surface area contributed by atoms with Crippen LogP contribution < -0.4 is 0 Å². The van der Waals surface area contributed by atoms with Gasteiger partial charge in [0, 0.05) is 5.33 Å². The van der Waals surface area contributed by atoms with Crippen LogP contribution >= 0.6 is 15.9 Å². The molecule has 0 fully saturated rings. The van der Waals surface area contributed by atoms with Crippen molar-refractivity contribution in [2.24, 2.45) is 0 Å². The first-order valence-electron chi connectivity index (χ1n) is 4.66. The molecular formula is C12H25Br. The van der Waals surface area contributed by atoms with Crippen LogP contribution in [0.25, 0.3) is 0 Å². The van der Waals surface area contributed by atoms with Crippen LogP contribution in [0.5, 0.6) is 0 Å². The van der Waals surface area contributed by atoms with E-state index < -0.39 is 0 Å². The van der Waals surface area contributed by atoms with E-state index in [9.17, 15) is 0 Å². The van der Waals surface area contributed by atoms with Crippen molar-refractivity contribution in [2.75, 3.05) is 5.33 Å². The second-order valence-electron chi connectivity index (χ2n) is 1.40. The van der Waals surface area contributed by atoms with Crippen molar-refractivity contribution in [3.63, 3.8) is 0 Å². The van der Waals surface area contributed by atoms with Gasteiger partial charge in [0.2, 0.25) is 0 Å². The van der Waals surface area contributed by atoms with E-state index in [0.717, 1.165) is 10.9 Å². The van der Waals surface area contributed by atoms with Crippen LogP contribution in [0.2, 0.25) is 0 Å². The van der Waals surface area contributed by atoms with Crippen LogP contribution in [0.1, 0.15) is 34.6 Å². The highest BCUT2D eigenvalue weighted by Gasteiger charge is 1.74. The Morgan fingerprint density at radius 3 is 1.38 bits per heavy atom. The lowest BCUT2D eigenvalue weighted by Gasteiger charge is -1.81. The van der Waals surface area contributed by atoms with E-state index in [0.29, 0.717) is 0 Å². The first kappa shape index (κ1) is 23.0. The van der Waals surface area contributed by atoms with Crippen LogP contribution in [0.3, 0.4) is 0 Å². The molecule has 0 aromatic heterocycles. The molecule has 0 saturated carbocycles. The number of rotatable bonds is 2. The maximum atomic E-state index is 3.63. The Labute approximate surface area is 93.6 Å². The molecule has 0 spiro atoms. The summed E-state index contributed by atoms with van der Waals surface area (Å²) >= 11 is 3.20. The molecule has 13 heavy (non-hydrogen) atoms. The fraction of sp³-hybridized carbons (Fsp3) is 0.500. The molecule has 0 aliphatic carbocycles. The van der Waals surface area contributed by atoms with Crippen molar-refractivity contribution in [3.8, 4) is 0 Å². The van der Waals surface area contributed by atoms with Gasteiger partial charge in [-0.3, -0.25) is 0 Å². The minimum Gasteiger partial charge on any atom is -0.103 e. The molecule has 0 unspecified atom stereocenters. The van der Waals surface area contributed by atoms with Crippen molar-refractivity contribution in [1.82, 2.24) is 0 Å². The lowest BCUT2D eigenvalue weighted by atomic mass is 10.4. The molecule has 0 bridgehead atoms. The van der Waals surface area contributed by atoms with Crippen molar-refractivity contribution in [2.45, 2.75) is 34.6 Å². The molecule has 80 valence electrons. The van der Waals surface area contributed by atoms with E-state index in [1.807, 2.05) is 34.6 Å². The minimum absolute atomic E-state index is 0.830. The Hall–Kier alpha value is -0.300. The lowest BCUT2D eigenvalue weighted by molar-refractivity contribution is 1.50. The molecule has 0 atom stereocenters. The first-order chi connectivity index (χ1) is 6.22. The highest BCUT2D eigenvalue weighted by molar-refractivity contribution is 9.09. The fourth-order valence-corrected chi connectivity index (χ4v) is 0.283. The van der Waals surface area contributed by atoms with Crippen molar-refractivity contribution in [3.05, 3.63) is 37.5 Å². The van der Waals surface area contributed by atoms with Crippen LogP contribution in [-0.2, 0) is 0 Å². The molecule has 0 saturated heterocycles. The van der Waals surface area contributed by atoms with Crippen molar-refractivity contribution in [1.29, 1.82) is 0 Å². The van der Waals surface area contributed by atoms with Crippen molar-refractivity contribution >= 4 is 15.9 Å². The predicted molar refractivity (Wildman–Crippen MR) is 71.7 cm³/mol. The van der Waals surface area contributed by atoms with E-state index in [1.54, 1.807) is 12.2 Å². The van der Waals surface area contributed by atoms with Crippen LogP contribution in [-0.4, -0.2) is 5.33 Å². The largest absolute Gasteiger partial charge is 0.103 e. The molecule has 0 aromatic rings. The highest BCUT2D eigenvalue weighted by Crippen LogP contribution is 1.93. The van der Waals surface area contributed by atoms with E-state index in [1.165, 1.54) is 0 Å². The van der Waals surface area contributed by atoms with Gasteiger partial charge >= 0.3 is 0 Å². The smallest absolute Gasteiger partial charge is 0.0276 e. The molecule has 0 heterocycles. The normalized spacial score (nSPS) is 5.38. The van der Waals surface area contributed by atoms with E-state index in [4.69, 9.17) is 0 Å². The third-order valence-corrected chi connectivity index (χ3v) is 1.18. The zero-order valence-corrected chi connectivity index (χ0v) is 11.4. The third kappa shape index (κ3) is 80.4. The molecule has 0 nitrogen and oxygen atoms in total. The number of halogens is 1. The van der Waals surface area contributed by atoms with Gasteiger partial charge in [-0.15, -0.1) is 6.58 Å². The Morgan fingerprint density at radius 1 is 1.15 bits per heavy atom. The van der Waals surface area contributed by atoms with Gasteiger partial charge in [-0.2, -0.15) is 0 Å². The maximum Gasteiger partial charge on any atom is 0.0276 e. The second-order valence-corrected chi connectivity index (χ2v) is 1.96. The first-order valence-corrected chi connectivity index (χ1v) is 5.78. The Kier molecular flexibility index (Phi) is 72.8. The van der Waals surface area contributed by atoms with Crippen LogP contribution in [0.4, 0.5) is 0 Å². The summed E-state index contributed by atoms with van der Waals surface area (Å²) < 4.78 is 0. The van der Waals surface area contributed by atoms with Gasteiger partial charge in [-0.25, -0.2) is 0 Å². The number of hydrogen-bond acceptors (Lipinski definition) is 0. The van der Waals surface area contributed by atoms with Gasteiger partial charge in [0.15, 0.2) is 0 Å². The summed E-state index contributed by atoms with van der Waals surface area (Å²) in [5.41, 5.74) is 1.02. The topological polar surface area (TPSA) is 0 Å². The Balaban J connectivity index is -0.0000000493. The quantitative estimate of drug-likeness (QED) is 0.350. The summed E-state index contributed by atoms with van der Waals surface area (Å²) in [6.07, 6.45) is 3.48. The molecule has 0 amide bonds. The van der Waals surface area contributed by atoms with E-state index >= 15 is 0 Å². The molecule has 0 radical (unpaired) electrons. The summed E-state index contributed by atoms with van der Waals surface area (Å²) in [6.45, 7) is 20.4. The molecule has 0 aromatic carbocycles. The minimum atomic E-state index is 0.830. The van der Waals surface area contributed by atoms with Gasteiger partial charge in [0.1, 0.15) is 0 Å². The van der Waals surface area contributed by atoms with Gasteiger partial charge in [-0.1, -0.05) is 68.9 Å². The number of allylic oxidation sites excluding steroid dienone is 3. The molecule has 0 rings (SSSR count). The molecular weight excluding hydrogens is 224 g/mol. The SMILES string of the molecule is C=CC.C=CC(=C)CBr.CC.CC. The molecule has 0 aliphatic rings. The second kappa shape index (κ2) is 41.2. The zero-order chi connectivity index (χ0) is 11.7. The monoisotopic (exact) mass is 248 g/mol. The third-order valence-electron chi connectivity index (χ3n) is 0.460.